The van der Waals surface area contributed by atoms with E-state index >= 15 is 0 Å². The number of nitrogens with zero attached hydrogens (tertiary/aromatic N) is 1. The number of thiophene rings is 2. The maximum atomic E-state index is 2.46. The van der Waals surface area contributed by atoms with Crippen molar-refractivity contribution in [3.8, 4) is 22.3 Å². The summed E-state index contributed by atoms with van der Waals surface area (Å²) in [6, 6.07) is 61.1. The van der Waals surface area contributed by atoms with E-state index < -0.39 is 0 Å². The summed E-state index contributed by atoms with van der Waals surface area (Å²) in [5, 5.41) is 7.90. The van der Waals surface area contributed by atoms with Crippen molar-refractivity contribution in [3.05, 3.63) is 175 Å². The first kappa shape index (κ1) is 29.9. The minimum atomic E-state index is -0.0422. The van der Waals surface area contributed by atoms with Crippen LogP contribution in [0.1, 0.15) is 25.0 Å². The third kappa shape index (κ3) is 4.33. The van der Waals surface area contributed by atoms with Gasteiger partial charge in [-0.2, -0.15) is 0 Å². The molecule has 2 aromatic heterocycles. The molecule has 8 aromatic carbocycles. The fourth-order valence-corrected chi connectivity index (χ4v) is 11.2. The van der Waals surface area contributed by atoms with Gasteiger partial charge in [0, 0.05) is 62.8 Å². The maximum Gasteiger partial charge on any atom is 0.0476 e. The van der Waals surface area contributed by atoms with E-state index in [4.69, 9.17) is 0 Å². The van der Waals surface area contributed by atoms with Crippen LogP contribution < -0.4 is 4.90 Å². The van der Waals surface area contributed by atoms with E-state index in [0.717, 1.165) is 17.1 Å². The molecule has 0 N–H and O–H groups in total. The fourth-order valence-electron chi connectivity index (χ4n) is 8.71. The zero-order valence-electron chi connectivity index (χ0n) is 28.9. The van der Waals surface area contributed by atoms with Crippen molar-refractivity contribution in [1.29, 1.82) is 0 Å². The topological polar surface area (TPSA) is 3.24 Å². The van der Waals surface area contributed by atoms with Gasteiger partial charge in [0.1, 0.15) is 0 Å². The van der Waals surface area contributed by atoms with E-state index in [1.807, 2.05) is 22.7 Å². The van der Waals surface area contributed by atoms with Crippen LogP contribution in [-0.4, -0.2) is 0 Å². The largest absolute Gasteiger partial charge is 0.310 e. The Hall–Kier alpha value is -5.74. The van der Waals surface area contributed by atoms with Crippen molar-refractivity contribution < 1.29 is 0 Å². The van der Waals surface area contributed by atoms with Crippen LogP contribution in [0, 0.1) is 0 Å². The predicted molar refractivity (Wildman–Crippen MR) is 227 cm³/mol. The first-order chi connectivity index (χ1) is 25.5. The predicted octanol–water partition coefficient (Wildman–Crippen LogP) is 15.0. The smallest absolute Gasteiger partial charge is 0.0476 e. The highest BCUT2D eigenvalue weighted by Crippen LogP contribution is 2.51. The lowest BCUT2D eigenvalue weighted by molar-refractivity contribution is 0.660. The Morgan fingerprint density at radius 2 is 1.06 bits per heavy atom. The molecule has 0 saturated heterocycles. The van der Waals surface area contributed by atoms with Crippen molar-refractivity contribution in [2.24, 2.45) is 0 Å². The molecule has 1 aliphatic carbocycles. The summed E-state index contributed by atoms with van der Waals surface area (Å²) in [4.78, 5) is 2.46. The molecular weight excluding hydrogens is 667 g/mol. The van der Waals surface area contributed by atoms with Crippen molar-refractivity contribution in [2.75, 3.05) is 4.90 Å². The van der Waals surface area contributed by atoms with Crippen molar-refractivity contribution in [3.63, 3.8) is 0 Å². The van der Waals surface area contributed by atoms with Crippen LogP contribution >= 0.6 is 22.7 Å². The first-order valence-electron chi connectivity index (χ1n) is 17.9. The Morgan fingerprint density at radius 3 is 2.00 bits per heavy atom. The van der Waals surface area contributed by atoms with Crippen LogP contribution in [0.25, 0.3) is 73.4 Å². The third-order valence-corrected chi connectivity index (χ3v) is 13.7. The molecule has 2 heterocycles. The molecule has 0 radical (unpaired) electrons. The average molecular weight is 700 g/mol. The fraction of sp³-hybridized carbons (Fsp3) is 0.0612. The molecule has 246 valence electrons. The summed E-state index contributed by atoms with van der Waals surface area (Å²) in [7, 11) is 0. The van der Waals surface area contributed by atoms with Crippen molar-refractivity contribution in [1.82, 2.24) is 0 Å². The lowest BCUT2D eigenvalue weighted by Gasteiger charge is -2.27. The molecule has 0 aliphatic heterocycles. The summed E-state index contributed by atoms with van der Waals surface area (Å²) in [6.07, 6.45) is 0. The van der Waals surface area contributed by atoms with Gasteiger partial charge in [-0.3, -0.25) is 0 Å². The lowest BCUT2D eigenvalue weighted by atomic mass is 9.82. The SMILES string of the molecule is CC1(C)c2ccccc2-c2cc(N(c3cccc(-c4cccc5c4sc4c6ccccc6ccc54)c3)c3ccc4c(c3)sc3ccccc34)ccc21. The Balaban J connectivity index is 1.12. The third-order valence-electron chi connectivity index (χ3n) is 11.3. The highest BCUT2D eigenvalue weighted by molar-refractivity contribution is 7.27. The van der Waals surface area contributed by atoms with Crippen molar-refractivity contribution >= 4 is 90.9 Å². The van der Waals surface area contributed by atoms with E-state index in [-0.39, 0.29) is 5.41 Å². The second kappa shape index (κ2) is 11.1. The Labute approximate surface area is 310 Å². The maximum absolute atomic E-state index is 2.46. The number of hydrogen-bond acceptors (Lipinski definition) is 3. The van der Waals surface area contributed by atoms with Gasteiger partial charge < -0.3 is 4.90 Å². The highest BCUT2D eigenvalue weighted by Gasteiger charge is 2.35. The minimum Gasteiger partial charge on any atom is -0.310 e. The average Bonchev–Trinajstić information content (AvgIpc) is 3.83. The van der Waals surface area contributed by atoms with E-state index in [0.29, 0.717) is 0 Å². The molecule has 0 atom stereocenters. The number of anilines is 3. The summed E-state index contributed by atoms with van der Waals surface area (Å²) < 4.78 is 5.32. The lowest BCUT2D eigenvalue weighted by Crippen LogP contribution is -2.15. The zero-order valence-corrected chi connectivity index (χ0v) is 30.5. The zero-order chi connectivity index (χ0) is 34.6. The van der Waals surface area contributed by atoms with Gasteiger partial charge in [0.05, 0.1) is 0 Å². The molecule has 0 saturated carbocycles. The molecule has 0 bridgehead atoms. The molecule has 1 nitrogen and oxygen atoms in total. The molecule has 3 heteroatoms. The molecule has 0 amide bonds. The van der Waals surface area contributed by atoms with E-state index in [9.17, 15) is 0 Å². The summed E-state index contributed by atoms with van der Waals surface area (Å²) >= 11 is 3.79. The van der Waals surface area contributed by atoms with Gasteiger partial charge in [0.25, 0.3) is 0 Å². The quantitative estimate of drug-likeness (QED) is 0.177. The summed E-state index contributed by atoms with van der Waals surface area (Å²) in [6.45, 7) is 4.71. The van der Waals surface area contributed by atoms with Gasteiger partial charge in [0.2, 0.25) is 0 Å². The molecule has 0 spiro atoms. The molecule has 52 heavy (non-hydrogen) atoms. The molecule has 10 aromatic rings. The van der Waals surface area contributed by atoms with E-state index in [1.54, 1.807) is 0 Å². The van der Waals surface area contributed by atoms with Crippen LogP contribution in [0.15, 0.2) is 164 Å². The van der Waals surface area contributed by atoms with Crippen LogP contribution in [0.5, 0.6) is 0 Å². The Morgan fingerprint density at radius 1 is 0.404 bits per heavy atom. The van der Waals surface area contributed by atoms with Gasteiger partial charge in [-0.1, -0.05) is 135 Å². The summed E-state index contributed by atoms with van der Waals surface area (Å²) in [5.41, 5.74) is 11.4. The van der Waals surface area contributed by atoms with Gasteiger partial charge in [0.15, 0.2) is 0 Å². The standard InChI is InChI=1S/C49H33NS2/c1-49(2)43-19-7-5-15-37(43)42-28-33(23-26-44(42)49)50(34-22-25-39-38-16-6-8-20-45(38)51-46(39)29-34)32-13-9-12-31(27-32)36-17-10-18-40-41-24-21-30-11-3-4-14-35(30)47(41)52-48(36)40/h3-29H,1-2H3. The van der Waals surface area contributed by atoms with E-state index in [1.165, 1.54) is 84.5 Å². The number of benzene rings is 8. The number of fused-ring (bicyclic) bond motifs is 11. The first-order valence-corrected chi connectivity index (χ1v) is 19.6. The molecule has 11 rings (SSSR count). The molecule has 0 unspecified atom stereocenters. The van der Waals surface area contributed by atoms with Gasteiger partial charge in [-0.25, -0.2) is 0 Å². The Bertz CT molecular complexity index is 3070. The van der Waals surface area contributed by atoms with Crippen molar-refractivity contribution in [2.45, 2.75) is 19.3 Å². The second-order valence-corrected chi connectivity index (χ2v) is 16.6. The molecular formula is C49H33NS2. The monoisotopic (exact) mass is 699 g/mol. The van der Waals surface area contributed by atoms with E-state index in [2.05, 4.69) is 183 Å². The normalized spacial score (nSPS) is 13.3. The minimum absolute atomic E-state index is 0.0422. The number of rotatable bonds is 4. The van der Waals surface area contributed by atoms with Crippen LogP contribution in [0.4, 0.5) is 17.1 Å². The van der Waals surface area contributed by atoms with Crippen LogP contribution in [-0.2, 0) is 5.41 Å². The highest BCUT2D eigenvalue weighted by atomic mass is 32.1. The van der Waals surface area contributed by atoms with Gasteiger partial charge in [-0.05, 0) is 86.6 Å². The Kier molecular flexibility index (Phi) is 6.41. The van der Waals surface area contributed by atoms with Crippen LogP contribution in [0.2, 0.25) is 0 Å². The molecule has 1 aliphatic rings. The van der Waals surface area contributed by atoms with Crippen LogP contribution in [0.3, 0.4) is 0 Å². The van der Waals surface area contributed by atoms with Gasteiger partial charge >= 0.3 is 0 Å². The van der Waals surface area contributed by atoms with Gasteiger partial charge in [-0.15, -0.1) is 22.7 Å². The second-order valence-electron chi connectivity index (χ2n) is 14.5. The summed E-state index contributed by atoms with van der Waals surface area (Å²) in [5.74, 6) is 0. The molecule has 0 fully saturated rings. The number of hydrogen-bond donors (Lipinski definition) is 0.